The molecule has 0 aromatic rings. The third-order valence-electron chi connectivity index (χ3n) is 3.70. The van der Waals surface area contributed by atoms with E-state index in [9.17, 15) is 9.59 Å². The first kappa shape index (κ1) is 18.1. The van der Waals surface area contributed by atoms with Crippen LogP contribution in [0.1, 0.15) is 71.6 Å². The molecule has 112 valence electrons. The Kier molecular flexibility index (Phi) is 10.5. The summed E-state index contributed by atoms with van der Waals surface area (Å²) in [6.07, 6.45) is 8.27. The van der Waals surface area contributed by atoms with Gasteiger partial charge in [0.1, 0.15) is 5.78 Å². The second-order valence-corrected chi connectivity index (χ2v) is 5.64. The molecule has 0 aliphatic rings. The lowest BCUT2D eigenvalue weighted by Gasteiger charge is -2.12. The normalized spacial score (nSPS) is 12.2. The van der Waals surface area contributed by atoms with Gasteiger partial charge in [-0.05, 0) is 25.2 Å². The second kappa shape index (κ2) is 11.0. The van der Waals surface area contributed by atoms with Crippen LogP contribution in [0.2, 0.25) is 0 Å². The number of carbonyl (C=O) groups is 2. The number of amides is 1. The lowest BCUT2D eigenvalue weighted by atomic mass is 9.93. The Labute approximate surface area is 118 Å². The van der Waals surface area contributed by atoms with Crippen molar-refractivity contribution in [1.29, 1.82) is 0 Å². The smallest absolute Gasteiger partial charge is 0.222 e. The molecule has 19 heavy (non-hydrogen) atoms. The van der Waals surface area contributed by atoms with Crippen LogP contribution in [-0.2, 0) is 9.59 Å². The van der Waals surface area contributed by atoms with Crippen molar-refractivity contribution in [2.24, 2.45) is 5.92 Å². The molecule has 0 aromatic heterocycles. The Balaban J connectivity index is 3.62. The summed E-state index contributed by atoms with van der Waals surface area (Å²) < 4.78 is 0. The molecule has 0 bridgehead atoms. The summed E-state index contributed by atoms with van der Waals surface area (Å²) in [6, 6.07) is 0. The highest BCUT2D eigenvalue weighted by Crippen LogP contribution is 2.18. The molecule has 1 unspecified atom stereocenters. The fourth-order valence-electron chi connectivity index (χ4n) is 2.27. The van der Waals surface area contributed by atoms with Crippen molar-refractivity contribution in [3.05, 3.63) is 0 Å². The van der Waals surface area contributed by atoms with Crippen LogP contribution in [0.5, 0.6) is 0 Å². The van der Waals surface area contributed by atoms with E-state index in [0.717, 1.165) is 25.7 Å². The number of rotatable bonds is 11. The molecule has 0 aliphatic heterocycles. The SMILES string of the molecule is CCCC(CC)CCC(=O)CCCCC(=O)N(C)C. The number of Topliss-reactive ketones (excluding diaryl/α,β-unsaturated/α-hetero) is 1. The number of unbranched alkanes of at least 4 members (excludes halogenated alkanes) is 1. The molecule has 3 heteroatoms. The van der Waals surface area contributed by atoms with Gasteiger partial charge in [0.15, 0.2) is 0 Å². The van der Waals surface area contributed by atoms with Gasteiger partial charge in [-0.2, -0.15) is 0 Å². The highest BCUT2D eigenvalue weighted by molar-refractivity contribution is 5.78. The minimum atomic E-state index is 0.154. The predicted octanol–water partition coefficient (Wildman–Crippen LogP) is 3.81. The highest BCUT2D eigenvalue weighted by Gasteiger charge is 2.09. The van der Waals surface area contributed by atoms with Gasteiger partial charge in [0.25, 0.3) is 0 Å². The maximum atomic E-state index is 11.8. The Morgan fingerprint density at radius 1 is 0.947 bits per heavy atom. The number of ketones is 1. The van der Waals surface area contributed by atoms with Crippen LogP contribution in [0, 0.1) is 5.92 Å². The summed E-state index contributed by atoms with van der Waals surface area (Å²) in [5.74, 6) is 1.23. The number of hydrogen-bond acceptors (Lipinski definition) is 2. The van der Waals surface area contributed by atoms with E-state index >= 15 is 0 Å². The maximum Gasteiger partial charge on any atom is 0.222 e. The molecule has 0 fully saturated rings. The molecule has 1 atom stereocenters. The van der Waals surface area contributed by atoms with Crippen LogP contribution >= 0.6 is 0 Å². The van der Waals surface area contributed by atoms with Gasteiger partial charge < -0.3 is 4.90 Å². The molecule has 0 spiro atoms. The van der Waals surface area contributed by atoms with Crippen molar-refractivity contribution in [2.75, 3.05) is 14.1 Å². The number of hydrogen-bond donors (Lipinski definition) is 0. The van der Waals surface area contributed by atoms with Gasteiger partial charge in [0.05, 0.1) is 0 Å². The fourth-order valence-corrected chi connectivity index (χ4v) is 2.27. The molecule has 0 aliphatic carbocycles. The number of nitrogens with zero attached hydrogens (tertiary/aromatic N) is 1. The summed E-state index contributed by atoms with van der Waals surface area (Å²) in [6.45, 7) is 4.41. The zero-order chi connectivity index (χ0) is 14.7. The molecule has 0 radical (unpaired) electrons. The van der Waals surface area contributed by atoms with E-state index in [0.29, 0.717) is 24.5 Å². The van der Waals surface area contributed by atoms with Gasteiger partial charge in [-0.3, -0.25) is 9.59 Å². The van der Waals surface area contributed by atoms with E-state index < -0.39 is 0 Å². The van der Waals surface area contributed by atoms with Gasteiger partial charge in [0, 0.05) is 33.4 Å². The molecule has 1 amide bonds. The molecule has 0 saturated carbocycles. The summed E-state index contributed by atoms with van der Waals surface area (Å²) in [4.78, 5) is 24.7. The summed E-state index contributed by atoms with van der Waals surface area (Å²) in [7, 11) is 3.54. The van der Waals surface area contributed by atoms with Gasteiger partial charge >= 0.3 is 0 Å². The minimum absolute atomic E-state index is 0.154. The molecule has 3 nitrogen and oxygen atoms in total. The maximum absolute atomic E-state index is 11.8. The van der Waals surface area contributed by atoms with E-state index in [2.05, 4.69) is 13.8 Å². The van der Waals surface area contributed by atoms with Crippen molar-refractivity contribution >= 4 is 11.7 Å². The van der Waals surface area contributed by atoms with Crippen LogP contribution < -0.4 is 0 Å². The monoisotopic (exact) mass is 269 g/mol. The fraction of sp³-hybridized carbons (Fsp3) is 0.875. The molecule has 0 N–H and O–H groups in total. The third kappa shape index (κ3) is 9.69. The Morgan fingerprint density at radius 3 is 2.11 bits per heavy atom. The first-order chi connectivity index (χ1) is 9.01. The predicted molar refractivity (Wildman–Crippen MR) is 80.1 cm³/mol. The number of carbonyl (C=O) groups excluding carboxylic acids is 2. The van der Waals surface area contributed by atoms with Gasteiger partial charge in [-0.25, -0.2) is 0 Å². The van der Waals surface area contributed by atoms with Crippen molar-refractivity contribution in [1.82, 2.24) is 4.90 Å². The zero-order valence-corrected chi connectivity index (χ0v) is 13.2. The highest BCUT2D eigenvalue weighted by atomic mass is 16.2. The van der Waals surface area contributed by atoms with Crippen molar-refractivity contribution in [3.8, 4) is 0 Å². The Morgan fingerprint density at radius 2 is 1.58 bits per heavy atom. The first-order valence-electron chi connectivity index (χ1n) is 7.73. The van der Waals surface area contributed by atoms with E-state index in [1.807, 2.05) is 0 Å². The van der Waals surface area contributed by atoms with E-state index in [4.69, 9.17) is 0 Å². The minimum Gasteiger partial charge on any atom is -0.349 e. The van der Waals surface area contributed by atoms with Gasteiger partial charge in [0.2, 0.25) is 5.91 Å². The van der Waals surface area contributed by atoms with Crippen LogP contribution in [0.3, 0.4) is 0 Å². The van der Waals surface area contributed by atoms with E-state index in [-0.39, 0.29) is 5.91 Å². The van der Waals surface area contributed by atoms with E-state index in [1.54, 1.807) is 19.0 Å². The molecule has 0 saturated heterocycles. The summed E-state index contributed by atoms with van der Waals surface area (Å²) in [5.41, 5.74) is 0. The molecular weight excluding hydrogens is 238 g/mol. The van der Waals surface area contributed by atoms with Gasteiger partial charge in [-0.1, -0.05) is 33.1 Å². The molecule has 0 aromatic carbocycles. The Bertz CT molecular complexity index is 261. The van der Waals surface area contributed by atoms with Gasteiger partial charge in [-0.15, -0.1) is 0 Å². The van der Waals surface area contributed by atoms with Crippen LogP contribution in [0.25, 0.3) is 0 Å². The zero-order valence-electron chi connectivity index (χ0n) is 13.2. The van der Waals surface area contributed by atoms with Crippen LogP contribution in [0.15, 0.2) is 0 Å². The lowest BCUT2D eigenvalue weighted by molar-refractivity contribution is -0.129. The molecule has 0 heterocycles. The van der Waals surface area contributed by atoms with Crippen LogP contribution in [-0.4, -0.2) is 30.7 Å². The van der Waals surface area contributed by atoms with Crippen LogP contribution in [0.4, 0.5) is 0 Å². The second-order valence-electron chi connectivity index (χ2n) is 5.64. The average molecular weight is 269 g/mol. The third-order valence-corrected chi connectivity index (χ3v) is 3.70. The first-order valence-corrected chi connectivity index (χ1v) is 7.73. The average Bonchev–Trinajstić information content (AvgIpc) is 2.39. The van der Waals surface area contributed by atoms with Crippen molar-refractivity contribution in [3.63, 3.8) is 0 Å². The lowest BCUT2D eigenvalue weighted by Crippen LogP contribution is -2.21. The van der Waals surface area contributed by atoms with Crippen molar-refractivity contribution < 1.29 is 9.59 Å². The summed E-state index contributed by atoms with van der Waals surface area (Å²) in [5, 5.41) is 0. The Hall–Kier alpha value is -0.860. The standard InChI is InChI=1S/C16H31NO2/c1-5-9-14(6-2)12-13-15(18)10-7-8-11-16(19)17(3)4/h14H,5-13H2,1-4H3. The molecular formula is C16H31NO2. The van der Waals surface area contributed by atoms with Crippen molar-refractivity contribution in [2.45, 2.75) is 71.6 Å². The topological polar surface area (TPSA) is 37.4 Å². The summed E-state index contributed by atoms with van der Waals surface area (Å²) >= 11 is 0. The largest absolute Gasteiger partial charge is 0.349 e. The quantitative estimate of drug-likeness (QED) is 0.535. The molecule has 0 rings (SSSR count). The van der Waals surface area contributed by atoms with E-state index in [1.165, 1.54) is 19.3 Å².